The first-order valence-electron chi connectivity index (χ1n) is 13.4. The number of aromatic nitrogens is 4. The molecule has 3 aromatic heterocycles. The molecule has 1 saturated carbocycles. The van der Waals surface area contributed by atoms with E-state index in [1.165, 1.54) is 53.7 Å². The Morgan fingerprint density at radius 3 is 2.54 bits per heavy atom. The van der Waals surface area contributed by atoms with Crippen LogP contribution in [0, 0.1) is 6.92 Å². The van der Waals surface area contributed by atoms with Crippen LogP contribution < -0.4 is 0 Å². The van der Waals surface area contributed by atoms with Gasteiger partial charge >= 0.3 is 0 Å². The molecular weight excluding hydrogens is 434 g/mol. The Morgan fingerprint density at radius 1 is 1.03 bits per heavy atom. The summed E-state index contributed by atoms with van der Waals surface area (Å²) in [6, 6.07) is 9.99. The molecule has 35 heavy (non-hydrogen) atoms. The zero-order valence-corrected chi connectivity index (χ0v) is 21.2. The van der Waals surface area contributed by atoms with Crippen molar-refractivity contribution in [2.45, 2.75) is 83.3 Å². The number of H-pyrrole nitrogens is 1. The third kappa shape index (κ3) is 4.17. The highest BCUT2D eigenvalue weighted by atomic mass is 16.3. The third-order valence-electron chi connectivity index (χ3n) is 8.47. The molecule has 4 heterocycles. The number of fused-ring (bicyclic) bond motifs is 2. The standard InChI is InChI=1S/C29H37N5O/c1-18(2)27-25-15-21(20-10-12-33(13-11-20)23-5-7-24(35)8-6-23)4-9-26(25)32-28(27)22-14-19(3)29-30-17-31-34(29)16-22/h4,9,14-18,20,23-24,32,35H,5-8,10-13H2,1-3H3. The van der Waals surface area contributed by atoms with Crippen LogP contribution in [0.4, 0.5) is 0 Å². The van der Waals surface area contributed by atoms with Crippen molar-refractivity contribution in [2.75, 3.05) is 13.1 Å². The lowest BCUT2D eigenvalue weighted by Crippen LogP contribution is -2.43. The SMILES string of the molecule is Cc1cc(-c2[nH]c3ccc(C4CCN(C5CCC(O)CC5)CC4)cc3c2C(C)C)cn2ncnc12. The molecule has 0 atom stereocenters. The van der Waals surface area contributed by atoms with Crippen molar-refractivity contribution in [1.82, 2.24) is 24.5 Å². The van der Waals surface area contributed by atoms with E-state index in [9.17, 15) is 5.11 Å². The molecule has 0 amide bonds. The van der Waals surface area contributed by atoms with Crippen molar-refractivity contribution < 1.29 is 5.11 Å². The van der Waals surface area contributed by atoms with Crippen molar-refractivity contribution in [1.29, 1.82) is 0 Å². The maximum absolute atomic E-state index is 9.86. The van der Waals surface area contributed by atoms with Crippen molar-refractivity contribution in [3.05, 3.63) is 53.5 Å². The largest absolute Gasteiger partial charge is 0.393 e. The van der Waals surface area contributed by atoms with Gasteiger partial charge in [-0.3, -0.25) is 0 Å². The van der Waals surface area contributed by atoms with Crippen LogP contribution in [0.25, 0.3) is 27.8 Å². The predicted molar refractivity (Wildman–Crippen MR) is 141 cm³/mol. The van der Waals surface area contributed by atoms with E-state index in [0.717, 1.165) is 42.5 Å². The lowest BCUT2D eigenvalue weighted by Gasteiger charge is -2.40. The number of nitrogens with one attached hydrogen (secondary N) is 1. The van der Waals surface area contributed by atoms with E-state index in [1.807, 2.05) is 4.52 Å². The van der Waals surface area contributed by atoms with E-state index in [2.05, 4.69) is 71.2 Å². The molecule has 2 aliphatic rings. The quantitative estimate of drug-likeness (QED) is 0.395. The van der Waals surface area contributed by atoms with Gasteiger partial charge in [0.25, 0.3) is 0 Å². The van der Waals surface area contributed by atoms with Crippen molar-refractivity contribution in [3.8, 4) is 11.3 Å². The monoisotopic (exact) mass is 471 g/mol. The normalized spacial score (nSPS) is 22.5. The highest BCUT2D eigenvalue weighted by molar-refractivity contribution is 5.92. The number of aromatic amines is 1. The molecule has 0 unspecified atom stereocenters. The van der Waals surface area contributed by atoms with E-state index in [1.54, 1.807) is 6.33 Å². The summed E-state index contributed by atoms with van der Waals surface area (Å²) in [4.78, 5) is 10.8. The average Bonchev–Trinajstić information content (AvgIpc) is 3.49. The van der Waals surface area contributed by atoms with Gasteiger partial charge in [-0.2, -0.15) is 5.10 Å². The summed E-state index contributed by atoms with van der Waals surface area (Å²) in [5.41, 5.74) is 8.48. The van der Waals surface area contributed by atoms with E-state index in [-0.39, 0.29) is 6.10 Å². The van der Waals surface area contributed by atoms with Crippen LogP contribution in [0.3, 0.4) is 0 Å². The van der Waals surface area contributed by atoms with E-state index in [4.69, 9.17) is 0 Å². The molecule has 4 aromatic rings. The highest BCUT2D eigenvalue weighted by Crippen LogP contribution is 2.39. The van der Waals surface area contributed by atoms with Gasteiger partial charge in [0.15, 0.2) is 5.65 Å². The van der Waals surface area contributed by atoms with Crippen molar-refractivity contribution >= 4 is 16.6 Å². The van der Waals surface area contributed by atoms with E-state index >= 15 is 0 Å². The number of benzene rings is 1. The maximum Gasteiger partial charge on any atom is 0.158 e. The molecule has 1 aromatic carbocycles. The number of aryl methyl sites for hydroxylation is 1. The average molecular weight is 472 g/mol. The van der Waals surface area contributed by atoms with Crippen LogP contribution in [-0.2, 0) is 0 Å². The molecule has 2 fully saturated rings. The first-order chi connectivity index (χ1) is 17.0. The Balaban J connectivity index is 1.29. The fourth-order valence-electron chi connectivity index (χ4n) is 6.56. The van der Waals surface area contributed by atoms with Gasteiger partial charge in [0.2, 0.25) is 0 Å². The Morgan fingerprint density at radius 2 is 1.80 bits per heavy atom. The molecule has 6 nitrogen and oxygen atoms in total. The van der Waals surface area contributed by atoms with Gasteiger partial charge in [-0.05, 0) is 105 Å². The first-order valence-corrected chi connectivity index (χ1v) is 13.4. The predicted octanol–water partition coefficient (Wildman–Crippen LogP) is 5.79. The number of aliphatic hydroxyl groups is 1. The number of piperidine rings is 1. The Kier molecular flexibility index (Phi) is 5.89. The smallest absolute Gasteiger partial charge is 0.158 e. The summed E-state index contributed by atoms with van der Waals surface area (Å²) < 4.78 is 1.88. The lowest BCUT2D eigenvalue weighted by atomic mass is 9.85. The summed E-state index contributed by atoms with van der Waals surface area (Å²) in [5, 5.41) is 15.6. The highest BCUT2D eigenvalue weighted by Gasteiger charge is 2.29. The molecule has 1 aliphatic carbocycles. The molecule has 184 valence electrons. The van der Waals surface area contributed by atoms with Crippen LogP contribution in [0.5, 0.6) is 0 Å². The second-order valence-electron chi connectivity index (χ2n) is 11.1. The van der Waals surface area contributed by atoms with Crippen molar-refractivity contribution in [2.24, 2.45) is 0 Å². The molecule has 6 rings (SSSR count). The second-order valence-corrected chi connectivity index (χ2v) is 11.1. The van der Waals surface area contributed by atoms with Gasteiger partial charge in [0, 0.05) is 28.7 Å². The number of hydrogen-bond donors (Lipinski definition) is 2. The van der Waals surface area contributed by atoms with Gasteiger partial charge in [-0.1, -0.05) is 19.9 Å². The van der Waals surface area contributed by atoms with Gasteiger partial charge in [-0.15, -0.1) is 0 Å². The minimum absolute atomic E-state index is 0.0704. The molecule has 1 saturated heterocycles. The van der Waals surface area contributed by atoms with Crippen LogP contribution in [0.1, 0.15) is 80.9 Å². The van der Waals surface area contributed by atoms with Gasteiger partial charge < -0.3 is 15.0 Å². The summed E-state index contributed by atoms with van der Waals surface area (Å²) >= 11 is 0. The first kappa shape index (κ1) is 22.7. The lowest BCUT2D eigenvalue weighted by molar-refractivity contribution is 0.0618. The maximum atomic E-state index is 9.86. The third-order valence-corrected chi connectivity index (χ3v) is 8.47. The van der Waals surface area contributed by atoms with Crippen LogP contribution in [0.15, 0.2) is 36.8 Å². The molecule has 2 N–H and O–H groups in total. The minimum Gasteiger partial charge on any atom is -0.393 e. The zero-order valence-electron chi connectivity index (χ0n) is 21.2. The van der Waals surface area contributed by atoms with Gasteiger partial charge in [0.05, 0.1) is 11.8 Å². The number of rotatable bonds is 4. The number of hydrogen-bond acceptors (Lipinski definition) is 4. The Hall–Kier alpha value is -2.70. The van der Waals surface area contributed by atoms with Gasteiger partial charge in [0.1, 0.15) is 6.33 Å². The molecule has 0 spiro atoms. The minimum atomic E-state index is -0.0704. The van der Waals surface area contributed by atoms with E-state index < -0.39 is 0 Å². The summed E-state index contributed by atoms with van der Waals surface area (Å²) in [6.07, 6.45) is 10.3. The fraction of sp³-hybridized carbons (Fsp3) is 0.517. The summed E-state index contributed by atoms with van der Waals surface area (Å²) in [5.74, 6) is 1.03. The second kappa shape index (κ2) is 9.07. The molecule has 0 radical (unpaired) electrons. The van der Waals surface area contributed by atoms with E-state index in [0.29, 0.717) is 17.9 Å². The van der Waals surface area contributed by atoms with Crippen LogP contribution >= 0.6 is 0 Å². The number of likely N-dealkylation sites (tertiary alicyclic amines) is 1. The number of nitrogens with zero attached hydrogens (tertiary/aromatic N) is 4. The summed E-state index contributed by atoms with van der Waals surface area (Å²) in [7, 11) is 0. The molecule has 0 bridgehead atoms. The zero-order chi connectivity index (χ0) is 24.1. The Labute approximate surface area is 207 Å². The van der Waals surface area contributed by atoms with Crippen LogP contribution in [-0.4, -0.2) is 54.8 Å². The molecule has 1 aliphatic heterocycles. The Bertz CT molecular complexity index is 1340. The number of aliphatic hydroxyl groups excluding tert-OH is 1. The molecular formula is C29H37N5O. The number of pyridine rings is 1. The topological polar surface area (TPSA) is 69.5 Å². The fourth-order valence-corrected chi connectivity index (χ4v) is 6.56. The molecule has 6 heteroatoms. The van der Waals surface area contributed by atoms with Crippen molar-refractivity contribution in [3.63, 3.8) is 0 Å². The van der Waals surface area contributed by atoms with Gasteiger partial charge in [-0.25, -0.2) is 9.50 Å². The van der Waals surface area contributed by atoms with Crippen LogP contribution in [0.2, 0.25) is 0 Å². The summed E-state index contributed by atoms with van der Waals surface area (Å²) in [6.45, 7) is 9.04.